The fraction of sp³-hybridized carbons (Fsp3) is 0.533. The van der Waals surface area contributed by atoms with Gasteiger partial charge in [-0.3, -0.25) is 4.79 Å². The number of benzene rings is 1. The lowest BCUT2D eigenvalue weighted by Crippen LogP contribution is -2.39. The number of aliphatic hydroxyl groups excluding tert-OH is 1. The van der Waals surface area contributed by atoms with Gasteiger partial charge >= 0.3 is 0 Å². The zero-order valence-corrected chi connectivity index (χ0v) is 12.6. The second-order valence-electron chi connectivity index (χ2n) is 5.20. The zero-order chi connectivity index (χ0) is 13.7. The van der Waals surface area contributed by atoms with E-state index in [9.17, 15) is 9.90 Å². The monoisotopic (exact) mass is 298 g/mol. The van der Waals surface area contributed by atoms with Crippen LogP contribution < -0.4 is 10.6 Å². The van der Waals surface area contributed by atoms with Gasteiger partial charge in [0.15, 0.2) is 0 Å². The molecule has 2 rings (SSSR count). The molecule has 1 atom stereocenters. The Labute approximate surface area is 126 Å². The number of carbonyl (C=O) groups is 1. The van der Waals surface area contributed by atoms with Gasteiger partial charge < -0.3 is 15.7 Å². The van der Waals surface area contributed by atoms with Crippen LogP contribution >= 0.6 is 12.4 Å². The summed E-state index contributed by atoms with van der Waals surface area (Å²) in [5.74, 6) is 0.152. The lowest BCUT2D eigenvalue weighted by Gasteiger charge is -2.22. The predicted molar refractivity (Wildman–Crippen MR) is 82.0 cm³/mol. The van der Waals surface area contributed by atoms with Crippen molar-refractivity contribution in [2.45, 2.75) is 25.9 Å². The van der Waals surface area contributed by atoms with Crippen LogP contribution in [0.15, 0.2) is 24.3 Å². The first-order valence-corrected chi connectivity index (χ1v) is 6.90. The Bertz CT molecular complexity index is 434. The number of carbonyl (C=O) groups excluding carboxylic acids is 1. The van der Waals surface area contributed by atoms with Gasteiger partial charge in [0.25, 0.3) is 0 Å². The van der Waals surface area contributed by atoms with E-state index in [-0.39, 0.29) is 30.8 Å². The summed E-state index contributed by atoms with van der Waals surface area (Å²) in [5, 5.41) is 16.2. The smallest absolute Gasteiger partial charge is 0.223 e. The summed E-state index contributed by atoms with van der Waals surface area (Å²) in [6, 6.07) is 7.74. The summed E-state index contributed by atoms with van der Waals surface area (Å²) in [6.45, 7) is 4.08. The molecule has 1 fully saturated rings. The first kappa shape index (κ1) is 17.0. The molecule has 4 nitrogen and oxygen atoms in total. The molecule has 1 aliphatic rings. The molecule has 112 valence electrons. The van der Waals surface area contributed by atoms with E-state index in [0.29, 0.717) is 0 Å². The Balaban J connectivity index is 0.00000200. The Kier molecular flexibility index (Phi) is 6.99. The molecule has 20 heavy (non-hydrogen) atoms. The van der Waals surface area contributed by atoms with Gasteiger partial charge in [-0.25, -0.2) is 0 Å². The molecule has 0 aliphatic carbocycles. The molecule has 1 aromatic carbocycles. The highest BCUT2D eigenvalue weighted by Gasteiger charge is 2.21. The van der Waals surface area contributed by atoms with Crippen LogP contribution in [-0.4, -0.2) is 30.6 Å². The van der Waals surface area contributed by atoms with Crippen LogP contribution in [0.1, 0.15) is 30.1 Å². The second kappa shape index (κ2) is 8.25. The zero-order valence-electron chi connectivity index (χ0n) is 11.8. The van der Waals surface area contributed by atoms with Crippen molar-refractivity contribution in [1.29, 1.82) is 0 Å². The van der Waals surface area contributed by atoms with Crippen molar-refractivity contribution < 1.29 is 9.90 Å². The number of aliphatic hydroxyl groups is 1. The fourth-order valence-electron chi connectivity index (χ4n) is 2.42. The maximum atomic E-state index is 12.0. The van der Waals surface area contributed by atoms with Crippen LogP contribution in [0, 0.1) is 12.8 Å². The van der Waals surface area contributed by atoms with Crippen LogP contribution in [0.5, 0.6) is 0 Å². The van der Waals surface area contributed by atoms with Crippen molar-refractivity contribution in [2.75, 3.05) is 19.6 Å². The quantitative estimate of drug-likeness (QED) is 0.791. The minimum Gasteiger partial charge on any atom is -0.387 e. The van der Waals surface area contributed by atoms with Gasteiger partial charge in [-0.15, -0.1) is 12.4 Å². The molecule has 0 aromatic heterocycles. The van der Waals surface area contributed by atoms with Crippen LogP contribution in [0.2, 0.25) is 0 Å². The number of hydrogen-bond acceptors (Lipinski definition) is 3. The first-order chi connectivity index (χ1) is 9.16. The molecular formula is C15H23ClN2O2. The van der Waals surface area contributed by atoms with E-state index >= 15 is 0 Å². The van der Waals surface area contributed by atoms with E-state index in [2.05, 4.69) is 10.6 Å². The summed E-state index contributed by atoms with van der Waals surface area (Å²) < 4.78 is 0. The van der Waals surface area contributed by atoms with Gasteiger partial charge in [0.05, 0.1) is 6.10 Å². The predicted octanol–water partition coefficient (Wildman–Crippen LogP) is 1.57. The van der Waals surface area contributed by atoms with Gasteiger partial charge in [0.2, 0.25) is 5.91 Å². The minimum absolute atomic E-state index is 0. The van der Waals surface area contributed by atoms with Crippen molar-refractivity contribution in [2.24, 2.45) is 5.92 Å². The fourth-order valence-corrected chi connectivity index (χ4v) is 2.42. The topological polar surface area (TPSA) is 61.4 Å². The van der Waals surface area contributed by atoms with Gasteiger partial charge in [0, 0.05) is 12.5 Å². The van der Waals surface area contributed by atoms with Crippen molar-refractivity contribution in [3.63, 3.8) is 0 Å². The van der Waals surface area contributed by atoms with Crippen molar-refractivity contribution in [1.82, 2.24) is 10.6 Å². The highest BCUT2D eigenvalue weighted by molar-refractivity contribution is 5.85. The minimum atomic E-state index is -0.634. The van der Waals surface area contributed by atoms with Crippen molar-refractivity contribution in [3.8, 4) is 0 Å². The van der Waals surface area contributed by atoms with Crippen LogP contribution in [-0.2, 0) is 4.79 Å². The average Bonchev–Trinajstić information content (AvgIpc) is 2.45. The molecule has 0 bridgehead atoms. The van der Waals surface area contributed by atoms with Gasteiger partial charge in [0.1, 0.15) is 0 Å². The van der Waals surface area contributed by atoms with E-state index in [4.69, 9.17) is 0 Å². The Hall–Kier alpha value is -1.10. The molecule has 0 saturated carbocycles. The Morgan fingerprint density at radius 1 is 1.45 bits per heavy atom. The van der Waals surface area contributed by atoms with E-state index in [1.54, 1.807) is 0 Å². The summed E-state index contributed by atoms with van der Waals surface area (Å²) in [7, 11) is 0. The number of nitrogens with one attached hydrogen (secondary N) is 2. The molecule has 5 heteroatoms. The SMILES string of the molecule is Cc1cccc(C(O)CNC(=O)C2CCNCC2)c1.Cl. The van der Waals surface area contributed by atoms with E-state index < -0.39 is 6.10 Å². The molecule has 1 aliphatic heterocycles. The molecule has 1 heterocycles. The number of piperidine rings is 1. The summed E-state index contributed by atoms with van der Waals surface area (Å²) in [5.41, 5.74) is 1.96. The molecule has 1 amide bonds. The van der Waals surface area contributed by atoms with Crippen LogP contribution in [0.4, 0.5) is 0 Å². The summed E-state index contributed by atoms with van der Waals surface area (Å²) in [6.07, 6.45) is 1.13. The lowest BCUT2D eigenvalue weighted by molar-refractivity contribution is -0.126. The summed E-state index contributed by atoms with van der Waals surface area (Å²) in [4.78, 5) is 12.0. The third kappa shape index (κ3) is 4.78. The molecule has 0 spiro atoms. The molecule has 0 radical (unpaired) electrons. The highest BCUT2D eigenvalue weighted by atomic mass is 35.5. The lowest BCUT2D eigenvalue weighted by atomic mass is 9.97. The van der Waals surface area contributed by atoms with E-state index in [1.807, 2.05) is 31.2 Å². The standard InChI is InChI=1S/C15H22N2O2.ClH/c1-11-3-2-4-13(9-11)14(18)10-17-15(19)12-5-7-16-8-6-12;/h2-4,9,12,14,16,18H,5-8,10H2,1H3,(H,17,19);1H. The third-order valence-corrected chi connectivity index (χ3v) is 3.61. The van der Waals surface area contributed by atoms with Crippen LogP contribution in [0.3, 0.4) is 0 Å². The molecule has 3 N–H and O–H groups in total. The van der Waals surface area contributed by atoms with Gasteiger partial charge in [-0.05, 0) is 38.4 Å². The Morgan fingerprint density at radius 2 is 2.15 bits per heavy atom. The highest BCUT2D eigenvalue weighted by Crippen LogP contribution is 2.15. The number of amides is 1. The Morgan fingerprint density at radius 3 is 2.80 bits per heavy atom. The maximum absolute atomic E-state index is 12.0. The van der Waals surface area contributed by atoms with Crippen molar-refractivity contribution in [3.05, 3.63) is 35.4 Å². The molecule has 1 unspecified atom stereocenters. The van der Waals surface area contributed by atoms with Gasteiger partial charge in [-0.2, -0.15) is 0 Å². The molecular weight excluding hydrogens is 276 g/mol. The third-order valence-electron chi connectivity index (χ3n) is 3.61. The summed E-state index contributed by atoms with van der Waals surface area (Å²) >= 11 is 0. The normalized spacial score (nSPS) is 17.1. The van der Waals surface area contributed by atoms with E-state index in [1.165, 1.54) is 0 Å². The van der Waals surface area contributed by atoms with E-state index in [0.717, 1.165) is 37.1 Å². The average molecular weight is 299 g/mol. The molecule has 1 aromatic rings. The first-order valence-electron chi connectivity index (χ1n) is 6.90. The maximum Gasteiger partial charge on any atom is 0.223 e. The number of halogens is 1. The van der Waals surface area contributed by atoms with Gasteiger partial charge in [-0.1, -0.05) is 29.8 Å². The number of rotatable bonds is 4. The van der Waals surface area contributed by atoms with Crippen molar-refractivity contribution >= 4 is 18.3 Å². The number of aryl methyl sites for hydroxylation is 1. The number of hydrogen-bond donors (Lipinski definition) is 3. The van der Waals surface area contributed by atoms with Crippen LogP contribution in [0.25, 0.3) is 0 Å². The molecule has 1 saturated heterocycles. The largest absolute Gasteiger partial charge is 0.387 e. The second-order valence-corrected chi connectivity index (χ2v) is 5.20.